The number of H-pyrrole nitrogens is 1. The van der Waals surface area contributed by atoms with E-state index in [1.165, 1.54) is 22.0 Å². The van der Waals surface area contributed by atoms with Gasteiger partial charge in [-0.1, -0.05) is 0 Å². The van der Waals surface area contributed by atoms with Crippen molar-refractivity contribution in [1.29, 1.82) is 0 Å². The van der Waals surface area contributed by atoms with E-state index in [1.54, 1.807) is 29.9 Å². The highest BCUT2D eigenvalue weighted by Gasteiger charge is 2.14. The van der Waals surface area contributed by atoms with Gasteiger partial charge in [0.25, 0.3) is 11.5 Å². The van der Waals surface area contributed by atoms with Crippen molar-refractivity contribution in [2.75, 3.05) is 6.54 Å². The minimum Gasteiger partial charge on any atom is -0.350 e. The fraction of sp³-hybridized carbons (Fsp3) is 0.133. The molecule has 4 aromatic heterocycles. The van der Waals surface area contributed by atoms with Crippen LogP contribution in [0.4, 0.5) is 0 Å². The Bertz CT molecular complexity index is 1200. The summed E-state index contributed by atoms with van der Waals surface area (Å²) in [7, 11) is 0. The number of fused-ring (bicyclic) bond motifs is 2. The van der Waals surface area contributed by atoms with Crippen LogP contribution >= 0.6 is 11.3 Å². The number of aromatic amines is 1. The van der Waals surface area contributed by atoms with Crippen molar-refractivity contribution in [3.8, 4) is 0 Å². The number of nitrogens with one attached hydrogen (secondary N) is 2. The highest BCUT2D eigenvalue weighted by molar-refractivity contribution is 7.17. The fourth-order valence-corrected chi connectivity index (χ4v) is 3.33. The molecule has 4 aromatic rings. The van der Waals surface area contributed by atoms with Crippen LogP contribution in [0.5, 0.6) is 0 Å². The molecule has 1 amide bonds. The summed E-state index contributed by atoms with van der Waals surface area (Å²) in [5.74, 6) is -0.365. The minimum atomic E-state index is -0.497. The molecule has 0 aromatic carbocycles. The molecule has 2 N–H and O–H groups in total. The largest absolute Gasteiger partial charge is 0.350 e. The number of hydrogen-bond acceptors (Lipinski definition) is 6. The molecule has 0 saturated heterocycles. The van der Waals surface area contributed by atoms with Gasteiger partial charge in [0, 0.05) is 25.5 Å². The first-order chi connectivity index (χ1) is 12.1. The highest BCUT2D eigenvalue weighted by Crippen LogP contribution is 2.12. The Labute approximate surface area is 143 Å². The highest BCUT2D eigenvalue weighted by atomic mass is 32.1. The molecule has 4 rings (SSSR count). The Kier molecular flexibility index (Phi) is 3.65. The molecule has 0 bridgehead atoms. The predicted molar refractivity (Wildman–Crippen MR) is 92.0 cm³/mol. The standard InChI is InChI=1S/C15H12N6O3S/c22-13(9-8-18-21-5-1-3-16-12(9)21)17-4-6-20-14(23)11-10(2-7-25-11)19-15(20)24/h1-3,5,7-8H,4,6H2,(H,17,22)(H,19,24). The first-order valence-corrected chi connectivity index (χ1v) is 8.30. The lowest BCUT2D eigenvalue weighted by molar-refractivity contribution is 0.0953. The molecule has 25 heavy (non-hydrogen) atoms. The van der Waals surface area contributed by atoms with Crippen LogP contribution < -0.4 is 16.6 Å². The molecule has 0 saturated carbocycles. The monoisotopic (exact) mass is 356 g/mol. The molecule has 10 heteroatoms. The van der Waals surface area contributed by atoms with Gasteiger partial charge in [0.15, 0.2) is 5.65 Å². The van der Waals surface area contributed by atoms with Crippen molar-refractivity contribution in [3.05, 3.63) is 62.5 Å². The van der Waals surface area contributed by atoms with Crippen LogP contribution in [0.15, 0.2) is 45.7 Å². The molecule has 0 spiro atoms. The van der Waals surface area contributed by atoms with Crippen molar-refractivity contribution in [2.24, 2.45) is 0 Å². The van der Waals surface area contributed by atoms with Crippen LogP contribution in [0.3, 0.4) is 0 Å². The van der Waals surface area contributed by atoms with E-state index < -0.39 is 5.69 Å². The zero-order valence-electron chi connectivity index (χ0n) is 12.8. The lowest BCUT2D eigenvalue weighted by Crippen LogP contribution is -2.38. The first-order valence-electron chi connectivity index (χ1n) is 7.42. The van der Waals surface area contributed by atoms with Gasteiger partial charge in [-0.05, 0) is 17.5 Å². The SMILES string of the molecule is O=C(NCCn1c(=O)[nH]c2ccsc2c1=O)c1cnn2cccnc12. The molecule has 0 aliphatic heterocycles. The lowest BCUT2D eigenvalue weighted by atomic mass is 10.3. The zero-order chi connectivity index (χ0) is 17.4. The number of nitrogens with zero attached hydrogens (tertiary/aromatic N) is 4. The van der Waals surface area contributed by atoms with Crippen molar-refractivity contribution in [3.63, 3.8) is 0 Å². The van der Waals surface area contributed by atoms with Gasteiger partial charge >= 0.3 is 5.69 Å². The Morgan fingerprint density at radius 1 is 1.36 bits per heavy atom. The zero-order valence-corrected chi connectivity index (χ0v) is 13.6. The third-order valence-corrected chi connectivity index (χ3v) is 4.64. The van der Waals surface area contributed by atoms with Crippen LogP contribution in [0.2, 0.25) is 0 Å². The minimum absolute atomic E-state index is 0.0698. The summed E-state index contributed by atoms with van der Waals surface area (Å²) < 4.78 is 3.06. The van der Waals surface area contributed by atoms with Crippen molar-refractivity contribution >= 4 is 33.1 Å². The van der Waals surface area contributed by atoms with Crippen LogP contribution in [0, 0.1) is 0 Å². The number of amides is 1. The van der Waals surface area contributed by atoms with E-state index in [0.717, 1.165) is 4.57 Å². The van der Waals surface area contributed by atoms with Crippen LogP contribution in [0.25, 0.3) is 15.9 Å². The summed E-state index contributed by atoms with van der Waals surface area (Å²) in [6, 6.07) is 3.40. The Hall–Kier alpha value is -3.27. The summed E-state index contributed by atoms with van der Waals surface area (Å²) in [4.78, 5) is 43.4. The Balaban J connectivity index is 1.52. The van der Waals surface area contributed by atoms with E-state index in [4.69, 9.17) is 0 Å². The third kappa shape index (κ3) is 2.62. The third-order valence-electron chi connectivity index (χ3n) is 3.74. The van der Waals surface area contributed by atoms with E-state index in [2.05, 4.69) is 20.4 Å². The lowest BCUT2D eigenvalue weighted by Gasteiger charge is -2.06. The molecule has 126 valence electrons. The van der Waals surface area contributed by atoms with Crippen LogP contribution in [-0.4, -0.2) is 36.6 Å². The maximum atomic E-state index is 12.3. The topological polar surface area (TPSA) is 114 Å². The first kappa shape index (κ1) is 15.3. The summed E-state index contributed by atoms with van der Waals surface area (Å²) >= 11 is 1.27. The van der Waals surface area contributed by atoms with Gasteiger partial charge in [0.2, 0.25) is 0 Å². The number of carbonyl (C=O) groups excluding carboxylic acids is 1. The normalized spacial score (nSPS) is 11.2. The summed E-state index contributed by atoms with van der Waals surface area (Å²) in [6.45, 7) is 0.198. The molecular weight excluding hydrogens is 344 g/mol. The van der Waals surface area contributed by atoms with Gasteiger partial charge in [0.05, 0.1) is 11.7 Å². The second kappa shape index (κ2) is 5.98. The molecule has 0 aliphatic carbocycles. The number of carbonyl (C=O) groups is 1. The maximum absolute atomic E-state index is 12.3. The number of aromatic nitrogens is 5. The van der Waals surface area contributed by atoms with E-state index in [0.29, 0.717) is 21.4 Å². The quantitative estimate of drug-likeness (QED) is 0.543. The molecule has 0 radical (unpaired) electrons. The molecule has 0 fully saturated rings. The average molecular weight is 356 g/mol. The van der Waals surface area contributed by atoms with Gasteiger partial charge in [-0.25, -0.2) is 14.3 Å². The van der Waals surface area contributed by atoms with Crippen molar-refractivity contribution in [2.45, 2.75) is 6.54 Å². The van der Waals surface area contributed by atoms with Gasteiger partial charge in [-0.2, -0.15) is 5.10 Å². The fourth-order valence-electron chi connectivity index (χ4n) is 2.54. The van der Waals surface area contributed by atoms with E-state index in [9.17, 15) is 14.4 Å². The molecular formula is C15H12N6O3S. The van der Waals surface area contributed by atoms with Crippen LogP contribution in [0.1, 0.15) is 10.4 Å². The maximum Gasteiger partial charge on any atom is 0.328 e. The van der Waals surface area contributed by atoms with Gasteiger partial charge in [-0.3, -0.25) is 14.2 Å². The molecule has 0 unspecified atom stereocenters. The second-order valence-corrected chi connectivity index (χ2v) is 6.17. The average Bonchev–Trinajstić information content (AvgIpc) is 3.24. The summed E-state index contributed by atoms with van der Waals surface area (Å²) in [6.07, 6.45) is 4.69. The van der Waals surface area contributed by atoms with Crippen molar-refractivity contribution in [1.82, 2.24) is 29.5 Å². The molecule has 9 nitrogen and oxygen atoms in total. The Morgan fingerprint density at radius 2 is 2.24 bits per heavy atom. The van der Waals surface area contributed by atoms with E-state index in [-0.39, 0.29) is 24.6 Å². The van der Waals surface area contributed by atoms with Gasteiger partial charge in [-0.15, -0.1) is 11.3 Å². The van der Waals surface area contributed by atoms with Crippen molar-refractivity contribution < 1.29 is 4.79 Å². The van der Waals surface area contributed by atoms with E-state index in [1.807, 2.05) is 0 Å². The molecule has 0 aliphatic rings. The van der Waals surface area contributed by atoms with Crippen LogP contribution in [-0.2, 0) is 6.54 Å². The Morgan fingerprint density at radius 3 is 3.12 bits per heavy atom. The predicted octanol–water partition coefficient (Wildman–Crippen LogP) is 0.224. The second-order valence-electron chi connectivity index (χ2n) is 5.25. The summed E-state index contributed by atoms with van der Waals surface area (Å²) in [5.41, 5.74) is 0.437. The smallest absolute Gasteiger partial charge is 0.328 e. The number of thiophene rings is 1. The molecule has 4 heterocycles. The number of hydrogen-bond donors (Lipinski definition) is 2. The van der Waals surface area contributed by atoms with E-state index >= 15 is 0 Å². The summed E-state index contributed by atoms with van der Waals surface area (Å²) in [5, 5.41) is 8.47. The molecule has 0 atom stereocenters. The van der Waals surface area contributed by atoms with Gasteiger partial charge < -0.3 is 10.3 Å². The number of rotatable bonds is 4. The van der Waals surface area contributed by atoms with Gasteiger partial charge in [0.1, 0.15) is 10.3 Å².